The monoisotopic (exact) mass is 282 g/mol. The molecule has 0 radical (unpaired) electrons. The molecule has 0 aromatic carbocycles. The van der Waals surface area contributed by atoms with Crippen molar-refractivity contribution in [3.8, 4) is 0 Å². The summed E-state index contributed by atoms with van der Waals surface area (Å²) in [7, 11) is 1.85. The van der Waals surface area contributed by atoms with E-state index in [-0.39, 0.29) is 5.41 Å². The Bertz CT molecular complexity index is 247. The summed E-state index contributed by atoms with van der Waals surface area (Å²) in [6, 6.07) is 0. The molecule has 0 saturated carbocycles. The highest BCUT2D eigenvalue weighted by molar-refractivity contribution is 4.87. The molecule has 1 fully saturated rings. The number of nitrogens with one attached hydrogen (secondary N) is 1. The lowest BCUT2D eigenvalue weighted by atomic mass is 9.79. The first kappa shape index (κ1) is 16.7. The first-order chi connectivity index (χ1) is 8.91. The zero-order chi connectivity index (χ0) is 14.4. The highest BCUT2D eigenvalue weighted by Crippen LogP contribution is 2.32. The van der Waals surface area contributed by atoms with Crippen LogP contribution in [0.1, 0.15) is 26.2 Å². The molecule has 0 atom stereocenters. The zero-order valence-corrected chi connectivity index (χ0v) is 11.9. The van der Waals surface area contributed by atoms with Crippen molar-refractivity contribution in [2.75, 3.05) is 46.4 Å². The lowest BCUT2D eigenvalue weighted by Gasteiger charge is -2.41. The van der Waals surface area contributed by atoms with Gasteiger partial charge in [-0.15, -0.1) is 0 Å². The summed E-state index contributed by atoms with van der Waals surface area (Å²) in [6.07, 6.45) is -1.73. The fourth-order valence-corrected chi connectivity index (χ4v) is 2.83. The van der Waals surface area contributed by atoms with Crippen LogP contribution < -0.4 is 5.32 Å². The molecule has 3 nitrogen and oxygen atoms in total. The van der Waals surface area contributed by atoms with Crippen molar-refractivity contribution >= 4 is 0 Å². The Balaban J connectivity index is 2.66. The number of halogens is 3. The molecule has 1 rings (SSSR count). The summed E-state index contributed by atoms with van der Waals surface area (Å²) in [5.74, 6) is 0. The van der Waals surface area contributed by atoms with Crippen molar-refractivity contribution < 1.29 is 17.9 Å². The fourth-order valence-electron chi connectivity index (χ4n) is 2.83. The molecule has 0 bridgehead atoms. The molecule has 1 aliphatic rings. The van der Waals surface area contributed by atoms with Crippen LogP contribution in [0.2, 0.25) is 0 Å². The Morgan fingerprint density at radius 1 is 1.26 bits per heavy atom. The summed E-state index contributed by atoms with van der Waals surface area (Å²) in [5.41, 5.74) is -0.0899. The lowest BCUT2D eigenvalue weighted by Crippen LogP contribution is -2.49. The molecule has 0 spiro atoms. The van der Waals surface area contributed by atoms with Gasteiger partial charge in [0.1, 0.15) is 0 Å². The van der Waals surface area contributed by atoms with Gasteiger partial charge in [0.25, 0.3) is 0 Å². The van der Waals surface area contributed by atoms with E-state index in [2.05, 4.69) is 5.32 Å². The summed E-state index contributed by atoms with van der Waals surface area (Å²) < 4.78 is 43.2. The number of hydrogen-bond acceptors (Lipinski definition) is 3. The first-order valence-corrected chi connectivity index (χ1v) is 6.92. The van der Waals surface area contributed by atoms with E-state index < -0.39 is 12.7 Å². The predicted octanol–water partition coefficient (Wildman–Crippen LogP) is 2.28. The standard InChI is InChI=1S/C13H25F3N2O/c1-3-6-18(11-13(14,15)16)10-12(9-17-2)4-7-19-8-5-12/h17H,3-11H2,1-2H3. The Labute approximate surface area is 113 Å². The van der Waals surface area contributed by atoms with Crippen molar-refractivity contribution in [1.82, 2.24) is 10.2 Å². The SMILES string of the molecule is CCCN(CC(F)(F)F)CC1(CNC)CCOCC1. The van der Waals surface area contributed by atoms with Crippen LogP contribution in [0.15, 0.2) is 0 Å². The van der Waals surface area contributed by atoms with E-state index in [0.717, 1.165) is 25.8 Å². The molecule has 0 amide bonds. The number of rotatable bonds is 7. The molecule has 19 heavy (non-hydrogen) atoms. The molecule has 1 N–H and O–H groups in total. The average Bonchev–Trinajstić information content (AvgIpc) is 2.28. The van der Waals surface area contributed by atoms with Crippen molar-refractivity contribution in [1.29, 1.82) is 0 Å². The van der Waals surface area contributed by atoms with Gasteiger partial charge in [0.15, 0.2) is 0 Å². The van der Waals surface area contributed by atoms with Crippen LogP contribution in [-0.2, 0) is 4.74 Å². The topological polar surface area (TPSA) is 24.5 Å². The summed E-state index contributed by atoms with van der Waals surface area (Å²) >= 11 is 0. The second-order valence-corrected chi connectivity index (χ2v) is 5.47. The van der Waals surface area contributed by atoms with Crippen LogP contribution in [-0.4, -0.2) is 57.5 Å². The molecule has 0 aromatic heterocycles. The quantitative estimate of drug-likeness (QED) is 0.775. The van der Waals surface area contributed by atoms with Crippen LogP contribution in [0, 0.1) is 5.41 Å². The van der Waals surface area contributed by atoms with E-state index in [4.69, 9.17) is 4.74 Å². The third-order valence-corrected chi connectivity index (χ3v) is 3.61. The molecule has 1 heterocycles. The largest absolute Gasteiger partial charge is 0.401 e. The molecule has 6 heteroatoms. The van der Waals surface area contributed by atoms with Crippen molar-refractivity contribution in [3.63, 3.8) is 0 Å². The van der Waals surface area contributed by atoms with Gasteiger partial charge < -0.3 is 10.1 Å². The maximum atomic E-state index is 12.6. The van der Waals surface area contributed by atoms with Crippen LogP contribution in [0.3, 0.4) is 0 Å². The minimum absolute atomic E-state index is 0.0899. The maximum absolute atomic E-state index is 12.6. The molecule has 1 saturated heterocycles. The van der Waals surface area contributed by atoms with Crippen molar-refractivity contribution in [2.45, 2.75) is 32.4 Å². The smallest absolute Gasteiger partial charge is 0.381 e. The van der Waals surface area contributed by atoms with Gasteiger partial charge in [-0.2, -0.15) is 13.2 Å². The van der Waals surface area contributed by atoms with Gasteiger partial charge in [0, 0.05) is 26.3 Å². The second-order valence-electron chi connectivity index (χ2n) is 5.47. The van der Waals surface area contributed by atoms with E-state index in [1.807, 2.05) is 14.0 Å². The fraction of sp³-hybridized carbons (Fsp3) is 1.00. The molecule has 1 aliphatic heterocycles. The number of alkyl halides is 3. The number of nitrogens with zero attached hydrogens (tertiary/aromatic N) is 1. The summed E-state index contributed by atoms with van der Waals surface area (Å²) in [4.78, 5) is 1.54. The van der Waals surface area contributed by atoms with E-state index in [1.54, 1.807) is 4.90 Å². The second kappa shape index (κ2) is 7.45. The molecule has 0 aromatic rings. The summed E-state index contributed by atoms with van der Waals surface area (Å²) in [6.45, 7) is 4.12. The van der Waals surface area contributed by atoms with Crippen LogP contribution >= 0.6 is 0 Å². The zero-order valence-electron chi connectivity index (χ0n) is 11.9. The normalized spacial score (nSPS) is 19.9. The van der Waals surface area contributed by atoms with Crippen LogP contribution in [0.5, 0.6) is 0 Å². The molecule has 0 aliphatic carbocycles. The van der Waals surface area contributed by atoms with Crippen molar-refractivity contribution in [2.24, 2.45) is 5.41 Å². The van der Waals surface area contributed by atoms with E-state index >= 15 is 0 Å². The third-order valence-electron chi connectivity index (χ3n) is 3.61. The van der Waals surface area contributed by atoms with Gasteiger partial charge in [-0.05, 0) is 38.3 Å². The first-order valence-electron chi connectivity index (χ1n) is 6.92. The Kier molecular flexibility index (Phi) is 6.56. The highest BCUT2D eigenvalue weighted by Gasteiger charge is 2.37. The van der Waals surface area contributed by atoms with Crippen LogP contribution in [0.4, 0.5) is 13.2 Å². The van der Waals surface area contributed by atoms with Gasteiger partial charge in [0.2, 0.25) is 0 Å². The van der Waals surface area contributed by atoms with E-state index in [0.29, 0.717) is 26.3 Å². The lowest BCUT2D eigenvalue weighted by molar-refractivity contribution is -0.151. The van der Waals surface area contributed by atoms with E-state index in [1.165, 1.54) is 0 Å². The minimum Gasteiger partial charge on any atom is -0.381 e. The summed E-state index contributed by atoms with van der Waals surface area (Å²) in [5, 5.41) is 3.13. The van der Waals surface area contributed by atoms with Gasteiger partial charge in [-0.3, -0.25) is 4.90 Å². The maximum Gasteiger partial charge on any atom is 0.401 e. The van der Waals surface area contributed by atoms with E-state index in [9.17, 15) is 13.2 Å². The number of hydrogen-bond donors (Lipinski definition) is 1. The molecule has 114 valence electrons. The van der Waals surface area contributed by atoms with Gasteiger partial charge in [-0.25, -0.2) is 0 Å². The van der Waals surface area contributed by atoms with Gasteiger partial charge in [0.05, 0.1) is 6.54 Å². The van der Waals surface area contributed by atoms with Crippen molar-refractivity contribution in [3.05, 3.63) is 0 Å². The third kappa shape index (κ3) is 6.10. The van der Waals surface area contributed by atoms with Gasteiger partial charge in [-0.1, -0.05) is 6.92 Å². The minimum atomic E-state index is -4.12. The highest BCUT2D eigenvalue weighted by atomic mass is 19.4. The Morgan fingerprint density at radius 2 is 1.89 bits per heavy atom. The molecular formula is C13H25F3N2O. The van der Waals surface area contributed by atoms with Crippen LogP contribution in [0.25, 0.3) is 0 Å². The Hall–Kier alpha value is -0.330. The number of ether oxygens (including phenoxy) is 1. The predicted molar refractivity (Wildman–Crippen MR) is 69.2 cm³/mol. The Morgan fingerprint density at radius 3 is 2.37 bits per heavy atom. The molecular weight excluding hydrogens is 257 g/mol. The molecule has 0 unspecified atom stereocenters. The van der Waals surface area contributed by atoms with Gasteiger partial charge >= 0.3 is 6.18 Å². The average molecular weight is 282 g/mol.